The topological polar surface area (TPSA) is 111 Å². The van der Waals surface area contributed by atoms with E-state index in [0.29, 0.717) is 22.6 Å². The molecule has 0 aliphatic heterocycles. The lowest BCUT2D eigenvalue weighted by molar-refractivity contribution is 0.100. The second-order valence-corrected chi connectivity index (χ2v) is 5.12. The van der Waals surface area contributed by atoms with Gasteiger partial charge in [-0.1, -0.05) is 23.7 Å². The van der Waals surface area contributed by atoms with Crippen LogP contribution in [-0.2, 0) is 0 Å². The first-order valence-electron chi connectivity index (χ1n) is 6.53. The number of benzene rings is 1. The van der Waals surface area contributed by atoms with Crippen LogP contribution in [0.3, 0.4) is 0 Å². The number of carbonyl (C=O) groups is 1. The van der Waals surface area contributed by atoms with Crippen molar-refractivity contribution in [2.24, 2.45) is 5.73 Å². The van der Waals surface area contributed by atoms with Crippen LogP contribution in [0.1, 0.15) is 10.4 Å². The van der Waals surface area contributed by atoms with E-state index in [4.69, 9.17) is 23.1 Å². The van der Waals surface area contributed by atoms with Crippen molar-refractivity contribution in [1.82, 2.24) is 15.0 Å². The summed E-state index contributed by atoms with van der Waals surface area (Å²) in [7, 11) is 0. The molecule has 0 aliphatic carbocycles. The molecule has 5 N–H and O–H groups in total. The van der Waals surface area contributed by atoms with E-state index in [9.17, 15) is 9.18 Å². The number of hydrogen-bond acceptors (Lipinski definition) is 4. The van der Waals surface area contributed by atoms with Crippen LogP contribution in [0.25, 0.3) is 22.6 Å². The predicted octanol–water partition coefficient (Wildman–Crippen LogP) is 2.61. The highest BCUT2D eigenvalue weighted by Gasteiger charge is 2.19. The number of hydrogen-bond donors (Lipinski definition) is 3. The number of amides is 1. The fraction of sp³-hybridized carbons (Fsp3) is 0. The van der Waals surface area contributed by atoms with Crippen molar-refractivity contribution >= 4 is 23.5 Å². The van der Waals surface area contributed by atoms with Crippen molar-refractivity contribution in [3.05, 3.63) is 52.9 Å². The lowest BCUT2D eigenvalue weighted by atomic mass is 10.1. The summed E-state index contributed by atoms with van der Waals surface area (Å²) in [5, 5.41) is -0.106. The Hall–Kier alpha value is -2.93. The van der Waals surface area contributed by atoms with Gasteiger partial charge in [0.15, 0.2) is 0 Å². The number of aromatic amines is 1. The molecule has 0 atom stereocenters. The molecule has 116 valence electrons. The van der Waals surface area contributed by atoms with Crippen molar-refractivity contribution in [3.8, 4) is 22.6 Å². The number of nitrogens with one attached hydrogen (secondary N) is 1. The summed E-state index contributed by atoms with van der Waals surface area (Å²) < 4.78 is 13.7. The number of H-pyrrole nitrogens is 1. The number of anilines is 1. The number of aromatic nitrogens is 3. The third-order valence-electron chi connectivity index (χ3n) is 3.25. The molecule has 0 spiro atoms. The lowest BCUT2D eigenvalue weighted by Gasteiger charge is -2.05. The number of nitrogen functional groups attached to an aromatic ring is 1. The molecule has 1 aromatic carbocycles. The molecular weight excluding hydrogens is 321 g/mol. The molecule has 8 heteroatoms. The van der Waals surface area contributed by atoms with Gasteiger partial charge in [0.1, 0.15) is 5.82 Å². The molecule has 2 heterocycles. The molecule has 0 radical (unpaired) electrons. The van der Waals surface area contributed by atoms with E-state index < -0.39 is 11.7 Å². The number of carbonyl (C=O) groups excluding carboxylic acids is 1. The van der Waals surface area contributed by atoms with Gasteiger partial charge in [0.2, 0.25) is 5.95 Å². The van der Waals surface area contributed by atoms with Crippen LogP contribution in [0.5, 0.6) is 0 Å². The summed E-state index contributed by atoms with van der Waals surface area (Å²) in [5.41, 5.74) is 12.7. The number of primary amides is 1. The molecule has 6 nitrogen and oxygen atoms in total. The Kier molecular flexibility index (Phi) is 3.71. The van der Waals surface area contributed by atoms with Gasteiger partial charge in [-0.25, -0.2) is 14.4 Å². The Morgan fingerprint density at radius 2 is 2.09 bits per heavy atom. The van der Waals surface area contributed by atoms with Gasteiger partial charge in [-0.05, 0) is 18.2 Å². The van der Waals surface area contributed by atoms with E-state index >= 15 is 0 Å². The summed E-state index contributed by atoms with van der Waals surface area (Å²) in [5.74, 6) is -1.19. The summed E-state index contributed by atoms with van der Waals surface area (Å²) in [6, 6.07) is 7.43. The zero-order chi connectivity index (χ0) is 16.6. The third kappa shape index (κ3) is 2.74. The first-order valence-corrected chi connectivity index (χ1v) is 6.91. The summed E-state index contributed by atoms with van der Waals surface area (Å²) in [6.45, 7) is 0. The normalized spacial score (nSPS) is 10.7. The van der Waals surface area contributed by atoms with E-state index in [-0.39, 0.29) is 16.5 Å². The highest BCUT2D eigenvalue weighted by molar-refractivity contribution is 6.33. The van der Waals surface area contributed by atoms with E-state index in [0.717, 1.165) is 0 Å². The van der Waals surface area contributed by atoms with Gasteiger partial charge < -0.3 is 16.5 Å². The van der Waals surface area contributed by atoms with E-state index in [1.165, 1.54) is 24.4 Å². The van der Waals surface area contributed by atoms with Crippen LogP contribution >= 0.6 is 11.6 Å². The average Bonchev–Trinajstić information content (AvgIpc) is 2.95. The first kappa shape index (κ1) is 15.0. The van der Waals surface area contributed by atoms with Gasteiger partial charge in [0.05, 0.1) is 27.7 Å². The zero-order valence-corrected chi connectivity index (χ0v) is 12.4. The molecule has 0 fully saturated rings. The van der Waals surface area contributed by atoms with Crippen LogP contribution < -0.4 is 11.5 Å². The smallest absolute Gasteiger partial charge is 0.250 e. The maximum absolute atomic E-state index is 13.7. The van der Waals surface area contributed by atoms with Gasteiger partial charge in [-0.3, -0.25) is 4.79 Å². The average molecular weight is 332 g/mol. The largest absolute Gasteiger partial charge is 0.368 e. The summed E-state index contributed by atoms with van der Waals surface area (Å²) in [4.78, 5) is 22.6. The Morgan fingerprint density at radius 3 is 2.78 bits per heavy atom. The molecular formula is C15H11ClFN5O. The van der Waals surface area contributed by atoms with Gasteiger partial charge in [-0.15, -0.1) is 0 Å². The molecule has 2 aromatic heterocycles. The highest BCUT2D eigenvalue weighted by atomic mass is 35.5. The molecule has 23 heavy (non-hydrogen) atoms. The molecule has 0 saturated heterocycles. The van der Waals surface area contributed by atoms with Crippen molar-refractivity contribution in [2.45, 2.75) is 0 Å². The molecule has 0 bridgehead atoms. The van der Waals surface area contributed by atoms with Gasteiger partial charge in [-0.2, -0.15) is 0 Å². The number of nitrogens with two attached hydrogens (primary N) is 2. The Morgan fingerprint density at radius 1 is 1.30 bits per heavy atom. The van der Waals surface area contributed by atoms with Gasteiger partial charge in [0, 0.05) is 11.8 Å². The van der Waals surface area contributed by atoms with Crippen LogP contribution in [0.2, 0.25) is 5.02 Å². The minimum Gasteiger partial charge on any atom is -0.368 e. The van der Waals surface area contributed by atoms with E-state index in [2.05, 4.69) is 15.0 Å². The Bertz CT molecular complexity index is 909. The van der Waals surface area contributed by atoms with Crippen molar-refractivity contribution < 1.29 is 9.18 Å². The van der Waals surface area contributed by atoms with Crippen LogP contribution in [0.4, 0.5) is 10.3 Å². The second-order valence-electron chi connectivity index (χ2n) is 4.74. The van der Waals surface area contributed by atoms with Gasteiger partial charge in [0.25, 0.3) is 5.91 Å². The minimum absolute atomic E-state index is 0.0862. The van der Waals surface area contributed by atoms with Crippen molar-refractivity contribution in [2.75, 3.05) is 5.73 Å². The van der Waals surface area contributed by atoms with Crippen LogP contribution in [-0.4, -0.2) is 20.9 Å². The number of halogens is 2. The first-order chi connectivity index (χ1) is 11.0. The fourth-order valence-electron chi connectivity index (χ4n) is 2.22. The fourth-order valence-corrected chi connectivity index (χ4v) is 2.44. The second kappa shape index (κ2) is 5.69. The quantitative estimate of drug-likeness (QED) is 0.685. The van der Waals surface area contributed by atoms with Crippen LogP contribution in [0, 0.1) is 5.82 Å². The maximum Gasteiger partial charge on any atom is 0.250 e. The maximum atomic E-state index is 13.7. The Labute approximate surface area is 135 Å². The van der Waals surface area contributed by atoms with Gasteiger partial charge >= 0.3 is 0 Å². The standard InChI is InChI=1S/C15H11ClFN5O/c16-12-7(2-1-3-9(12)17)13-8(14(18)23)6-11(21-13)10-4-5-20-15(19)22-10/h1-6,21H,(H2,18,23)(H2,19,20,22). The Balaban J connectivity index is 2.21. The highest BCUT2D eigenvalue weighted by Crippen LogP contribution is 2.34. The SMILES string of the molecule is NC(=O)c1cc(-c2ccnc(N)n2)[nH]c1-c1cccc(F)c1Cl. The molecule has 1 amide bonds. The van der Waals surface area contributed by atoms with Crippen molar-refractivity contribution in [1.29, 1.82) is 0 Å². The number of rotatable bonds is 3. The molecule has 0 unspecified atom stereocenters. The van der Waals surface area contributed by atoms with E-state index in [1.54, 1.807) is 12.1 Å². The monoisotopic (exact) mass is 331 g/mol. The molecule has 0 saturated carbocycles. The third-order valence-corrected chi connectivity index (χ3v) is 3.64. The van der Waals surface area contributed by atoms with E-state index in [1.807, 2.05) is 0 Å². The van der Waals surface area contributed by atoms with Crippen LogP contribution in [0.15, 0.2) is 36.5 Å². The molecule has 0 aliphatic rings. The van der Waals surface area contributed by atoms with Crippen molar-refractivity contribution in [3.63, 3.8) is 0 Å². The minimum atomic E-state index is -0.676. The zero-order valence-electron chi connectivity index (χ0n) is 11.7. The summed E-state index contributed by atoms with van der Waals surface area (Å²) >= 11 is 5.99. The molecule has 3 rings (SSSR count). The predicted molar refractivity (Wildman–Crippen MR) is 85.2 cm³/mol. The summed E-state index contributed by atoms with van der Waals surface area (Å²) in [6.07, 6.45) is 1.48. The lowest BCUT2D eigenvalue weighted by Crippen LogP contribution is -2.11. The number of nitrogens with zero attached hydrogens (tertiary/aromatic N) is 2. The molecule has 3 aromatic rings.